The van der Waals surface area contributed by atoms with Gasteiger partial charge < -0.3 is 10.0 Å². The van der Waals surface area contributed by atoms with Gasteiger partial charge in [-0.1, -0.05) is 15.9 Å². The van der Waals surface area contributed by atoms with Crippen LogP contribution in [0.25, 0.3) is 0 Å². The van der Waals surface area contributed by atoms with Gasteiger partial charge in [-0.2, -0.15) is 0 Å². The maximum atomic E-state index is 13.0. The Morgan fingerprint density at radius 2 is 2.12 bits per heavy atom. The number of rotatable bonds is 4. The van der Waals surface area contributed by atoms with Gasteiger partial charge in [0.2, 0.25) is 5.91 Å². The fourth-order valence-electron chi connectivity index (χ4n) is 1.27. The minimum atomic E-state index is -1.08. The zero-order chi connectivity index (χ0) is 13.0. The number of benzene rings is 1. The lowest BCUT2D eigenvalue weighted by Gasteiger charge is -2.14. The van der Waals surface area contributed by atoms with Crippen LogP contribution in [0.1, 0.15) is 5.56 Å². The standard InChI is InChI=1S/C11H11BrFNO3/c1-14(6-11(16)17)10(15)5-7-4-8(13)2-3-9(7)12/h2-4H,5-6H2,1H3,(H,16,17). The summed E-state index contributed by atoms with van der Waals surface area (Å²) in [6.07, 6.45) is -0.0396. The quantitative estimate of drug-likeness (QED) is 0.920. The summed E-state index contributed by atoms with van der Waals surface area (Å²) in [6.45, 7) is -0.369. The van der Waals surface area contributed by atoms with Gasteiger partial charge in [0.05, 0.1) is 6.42 Å². The molecular weight excluding hydrogens is 293 g/mol. The van der Waals surface area contributed by atoms with E-state index in [9.17, 15) is 14.0 Å². The molecule has 0 aromatic heterocycles. The summed E-state index contributed by atoms with van der Waals surface area (Å²) in [5, 5.41) is 8.53. The van der Waals surface area contributed by atoms with Crippen LogP contribution in [-0.4, -0.2) is 35.5 Å². The summed E-state index contributed by atoms with van der Waals surface area (Å²) in [7, 11) is 1.39. The molecule has 4 nitrogen and oxygen atoms in total. The SMILES string of the molecule is CN(CC(=O)O)C(=O)Cc1cc(F)ccc1Br. The lowest BCUT2D eigenvalue weighted by molar-refractivity contribution is -0.143. The fraction of sp³-hybridized carbons (Fsp3) is 0.273. The van der Waals surface area contributed by atoms with Crippen LogP contribution in [0.4, 0.5) is 4.39 Å². The molecule has 0 aliphatic carbocycles. The topological polar surface area (TPSA) is 57.6 Å². The number of halogens is 2. The summed E-state index contributed by atoms with van der Waals surface area (Å²) < 4.78 is 13.6. The van der Waals surface area contributed by atoms with E-state index in [0.717, 1.165) is 4.90 Å². The van der Waals surface area contributed by atoms with E-state index in [1.165, 1.54) is 25.2 Å². The van der Waals surface area contributed by atoms with Crippen LogP contribution in [0.3, 0.4) is 0 Å². The Labute approximate surface area is 106 Å². The molecule has 0 radical (unpaired) electrons. The highest BCUT2D eigenvalue weighted by atomic mass is 79.9. The van der Waals surface area contributed by atoms with E-state index in [1.807, 2.05) is 0 Å². The number of aliphatic carboxylic acids is 1. The molecule has 0 heterocycles. The third kappa shape index (κ3) is 4.14. The first-order chi connectivity index (χ1) is 7.90. The second-order valence-corrected chi connectivity index (χ2v) is 4.41. The molecule has 0 atom stereocenters. The number of nitrogens with zero attached hydrogens (tertiary/aromatic N) is 1. The van der Waals surface area contributed by atoms with Gasteiger partial charge in [0.1, 0.15) is 12.4 Å². The smallest absolute Gasteiger partial charge is 0.323 e. The van der Waals surface area contributed by atoms with Crippen molar-refractivity contribution in [3.63, 3.8) is 0 Å². The summed E-state index contributed by atoms with van der Waals surface area (Å²) in [4.78, 5) is 23.1. The second-order valence-electron chi connectivity index (χ2n) is 3.56. The first-order valence-electron chi connectivity index (χ1n) is 4.80. The first kappa shape index (κ1) is 13.6. The van der Waals surface area contributed by atoms with Gasteiger partial charge in [-0.15, -0.1) is 0 Å². The lowest BCUT2D eigenvalue weighted by Crippen LogP contribution is -2.33. The van der Waals surface area contributed by atoms with Crippen molar-refractivity contribution in [3.05, 3.63) is 34.1 Å². The number of hydrogen-bond donors (Lipinski definition) is 1. The predicted molar refractivity (Wildman–Crippen MR) is 63.1 cm³/mol. The molecule has 0 saturated carbocycles. The Morgan fingerprint density at radius 3 is 2.71 bits per heavy atom. The van der Waals surface area contributed by atoms with Gasteiger partial charge in [-0.3, -0.25) is 9.59 Å². The maximum Gasteiger partial charge on any atom is 0.323 e. The van der Waals surface area contributed by atoms with Crippen LogP contribution in [0.5, 0.6) is 0 Å². The maximum absolute atomic E-state index is 13.0. The number of carboxylic acids is 1. The van der Waals surface area contributed by atoms with E-state index < -0.39 is 11.8 Å². The fourth-order valence-corrected chi connectivity index (χ4v) is 1.65. The Balaban J connectivity index is 2.73. The molecule has 0 fully saturated rings. The monoisotopic (exact) mass is 303 g/mol. The lowest BCUT2D eigenvalue weighted by atomic mass is 10.1. The van der Waals surface area contributed by atoms with Crippen molar-refractivity contribution in [3.8, 4) is 0 Å². The normalized spacial score (nSPS) is 10.1. The third-order valence-electron chi connectivity index (χ3n) is 2.15. The van der Waals surface area contributed by atoms with Crippen LogP contribution in [0, 0.1) is 5.82 Å². The zero-order valence-electron chi connectivity index (χ0n) is 9.11. The molecule has 0 unspecified atom stereocenters. The minimum absolute atomic E-state index is 0.0396. The Kier molecular flexibility index (Phi) is 4.62. The summed E-state index contributed by atoms with van der Waals surface area (Å²) in [5.74, 6) is -1.89. The van der Waals surface area contributed by atoms with E-state index >= 15 is 0 Å². The molecule has 1 aromatic carbocycles. The van der Waals surface area contributed by atoms with Crippen molar-refractivity contribution in [1.82, 2.24) is 4.90 Å². The van der Waals surface area contributed by atoms with E-state index in [4.69, 9.17) is 5.11 Å². The van der Waals surface area contributed by atoms with Crippen molar-refractivity contribution in [2.45, 2.75) is 6.42 Å². The van der Waals surface area contributed by atoms with Crippen LogP contribution in [-0.2, 0) is 16.0 Å². The molecule has 1 amide bonds. The van der Waals surface area contributed by atoms with Crippen LogP contribution >= 0.6 is 15.9 Å². The molecule has 1 rings (SSSR count). The third-order valence-corrected chi connectivity index (χ3v) is 2.92. The van der Waals surface area contributed by atoms with Crippen molar-refractivity contribution >= 4 is 27.8 Å². The summed E-state index contributed by atoms with van der Waals surface area (Å²) in [5.41, 5.74) is 0.493. The number of carboxylic acid groups (broad SMARTS) is 1. The molecule has 0 saturated heterocycles. The highest BCUT2D eigenvalue weighted by Crippen LogP contribution is 2.18. The van der Waals surface area contributed by atoms with Crippen molar-refractivity contribution in [1.29, 1.82) is 0 Å². The molecule has 6 heteroatoms. The number of carbonyl (C=O) groups is 2. The molecule has 1 aromatic rings. The van der Waals surface area contributed by atoms with Crippen LogP contribution < -0.4 is 0 Å². The average molecular weight is 304 g/mol. The van der Waals surface area contributed by atoms with Gasteiger partial charge in [-0.05, 0) is 23.8 Å². The number of likely N-dealkylation sites (N-methyl/N-ethyl adjacent to an activating group) is 1. The van der Waals surface area contributed by atoms with Crippen LogP contribution in [0.15, 0.2) is 22.7 Å². The van der Waals surface area contributed by atoms with Gasteiger partial charge in [0.25, 0.3) is 0 Å². The molecular formula is C11H11BrFNO3. The highest BCUT2D eigenvalue weighted by molar-refractivity contribution is 9.10. The van der Waals surface area contributed by atoms with Crippen LogP contribution in [0.2, 0.25) is 0 Å². The molecule has 0 aliphatic heterocycles. The molecule has 17 heavy (non-hydrogen) atoms. The van der Waals surface area contributed by atoms with Gasteiger partial charge in [-0.25, -0.2) is 4.39 Å². The largest absolute Gasteiger partial charge is 0.480 e. The number of hydrogen-bond acceptors (Lipinski definition) is 2. The molecule has 0 aliphatic rings. The highest BCUT2D eigenvalue weighted by Gasteiger charge is 2.14. The molecule has 0 spiro atoms. The van der Waals surface area contributed by atoms with E-state index in [1.54, 1.807) is 0 Å². The predicted octanol–water partition coefficient (Wildman–Crippen LogP) is 1.67. The summed E-state index contributed by atoms with van der Waals surface area (Å²) >= 11 is 3.21. The van der Waals surface area contributed by atoms with Gasteiger partial charge >= 0.3 is 5.97 Å². The van der Waals surface area contributed by atoms with Crippen molar-refractivity contribution in [2.75, 3.05) is 13.6 Å². The average Bonchev–Trinajstić information content (AvgIpc) is 2.22. The van der Waals surface area contributed by atoms with Gasteiger partial charge in [0.15, 0.2) is 0 Å². The Morgan fingerprint density at radius 1 is 1.47 bits per heavy atom. The minimum Gasteiger partial charge on any atom is -0.480 e. The van der Waals surface area contributed by atoms with E-state index in [-0.39, 0.29) is 18.9 Å². The zero-order valence-corrected chi connectivity index (χ0v) is 10.7. The van der Waals surface area contributed by atoms with Crippen molar-refractivity contribution < 1.29 is 19.1 Å². The van der Waals surface area contributed by atoms with E-state index in [0.29, 0.717) is 10.0 Å². The van der Waals surface area contributed by atoms with E-state index in [2.05, 4.69) is 15.9 Å². The summed E-state index contributed by atoms with van der Waals surface area (Å²) in [6, 6.07) is 4.03. The number of amides is 1. The second kappa shape index (κ2) is 5.77. The molecule has 92 valence electrons. The Bertz CT molecular complexity index is 450. The van der Waals surface area contributed by atoms with Gasteiger partial charge in [0, 0.05) is 11.5 Å². The van der Waals surface area contributed by atoms with Crippen molar-refractivity contribution in [2.24, 2.45) is 0 Å². The number of carbonyl (C=O) groups excluding carboxylic acids is 1. The molecule has 0 bridgehead atoms. The molecule has 1 N–H and O–H groups in total. The Hall–Kier alpha value is -1.43. The first-order valence-corrected chi connectivity index (χ1v) is 5.59.